The summed E-state index contributed by atoms with van der Waals surface area (Å²) >= 11 is 0. The number of aromatic nitrogens is 2. The number of primary amides is 1. The number of hydrogen-bond acceptors (Lipinski definition) is 5. The number of carbonyl (C=O) groups excluding carboxylic acids is 2. The summed E-state index contributed by atoms with van der Waals surface area (Å²) in [7, 11) is 1.72. The highest BCUT2D eigenvalue weighted by Crippen LogP contribution is 2.25. The van der Waals surface area contributed by atoms with Crippen LogP contribution >= 0.6 is 0 Å². The summed E-state index contributed by atoms with van der Waals surface area (Å²) in [5, 5.41) is 16.7. The lowest BCUT2D eigenvalue weighted by molar-refractivity contribution is -0.121. The zero-order valence-electron chi connectivity index (χ0n) is 12.7. The normalized spacial score (nSPS) is 14.3. The van der Waals surface area contributed by atoms with Crippen molar-refractivity contribution in [2.75, 3.05) is 5.32 Å². The summed E-state index contributed by atoms with van der Waals surface area (Å²) in [6.07, 6.45) is -1.62. The molecular weight excluding hydrogens is 276 g/mol. The molecule has 0 saturated heterocycles. The number of nitrogens with two attached hydrogens (primary N) is 1. The Kier molecular flexibility index (Phi) is 5.31. The number of anilines is 1. The van der Waals surface area contributed by atoms with Crippen LogP contribution < -0.4 is 11.1 Å². The third-order valence-electron chi connectivity index (χ3n) is 2.87. The number of aryl methyl sites for hydroxylation is 1. The number of ether oxygens (including phenoxy) is 1. The Bertz CT molecular complexity index is 507. The molecule has 4 N–H and O–H groups in total. The molecule has 0 spiro atoms. The second-order valence-electron chi connectivity index (χ2n) is 5.91. The first-order valence-electron chi connectivity index (χ1n) is 6.53. The van der Waals surface area contributed by atoms with E-state index in [4.69, 9.17) is 10.5 Å². The van der Waals surface area contributed by atoms with Crippen LogP contribution in [-0.2, 0) is 16.6 Å². The number of aliphatic hydroxyl groups is 1. The minimum Gasteiger partial charge on any atom is -0.443 e. The van der Waals surface area contributed by atoms with Crippen molar-refractivity contribution in [3.63, 3.8) is 0 Å². The molecule has 0 aliphatic carbocycles. The van der Waals surface area contributed by atoms with Gasteiger partial charge in [-0.3, -0.25) is 9.48 Å². The lowest BCUT2D eigenvalue weighted by atomic mass is 9.84. The van der Waals surface area contributed by atoms with E-state index in [0.29, 0.717) is 5.82 Å². The Hall–Kier alpha value is -2.09. The summed E-state index contributed by atoms with van der Waals surface area (Å²) in [5.41, 5.74) is 4.42. The second-order valence-corrected chi connectivity index (χ2v) is 5.91. The van der Waals surface area contributed by atoms with Gasteiger partial charge in [0, 0.05) is 19.3 Å². The van der Waals surface area contributed by atoms with Gasteiger partial charge in [-0.05, 0) is 5.41 Å². The number of rotatable bonds is 5. The van der Waals surface area contributed by atoms with Crippen LogP contribution in [0.1, 0.15) is 27.2 Å². The van der Waals surface area contributed by atoms with E-state index in [2.05, 4.69) is 10.4 Å². The van der Waals surface area contributed by atoms with Gasteiger partial charge < -0.3 is 20.9 Å². The molecule has 0 bridgehead atoms. The Labute approximate surface area is 123 Å². The summed E-state index contributed by atoms with van der Waals surface area (Å²) in [5.74, 6) is -0.0474. The molecule has 8 heteroatoms. The average Bonchev–Trinajstić information content (AvgIpc) is 2.70. The molecule has 1 unspecified atom stereocenters. The molecule has 0 fully saturated rings. The molecule has 0 saturated carbocycles. The minimum absolute atomic E-state index is 0.210. The Morgan fingerprint density at radius 2 is 2.14 bits per heavy atom. The zero-order valence-corrected chi connectivity index (χ0v) is 12.7. The number of nitrogens with one attached hydrogen (secondary N) is 1. The van der Waals surface area contributed by atoms with Crippen molar-refractivity contribution in [3.8, 4) is 0 Å². The predicted octanol–water partition coefficient (Wildman–Crippen LogP) is 0.620. The Balaban J connectivity index is 2.71. The van der Waals surface area contributed by atoms with E-state index in [1.165, 1.54) is 4.68 Å². The first kappa shape index (κ1) is 17.0. The molecule has 1 aromatic rings. The fourth-order valence-electron chi connectivity index (χ4n) is 1.78. The quantitative estimate of drug-likeness (QED) is 0.736. The van der Waals surface area contributed by atoms with Crippen LogP contribution in [0, 0.1) is 5.41 Å². The van der Waals surface area contributed by atoms with Crippen molar-refractivity contribution in [1.29, 1.82) is 0 Å². The lowest BCUT2D eigenvalue weighted by Crippen LogP contribution is -2.43. The van der Waals surface area contributed by atoms with Gasteiger partial charge >= 0.3 is 6.09 Å². The van der Waals surface area contributed by atoms with Gasteiger partial charge in [-0.2, -0.15) is 5.10 Å². The van der Waals surface area contributed by atoms with E-state index in [9.17, 15) is 14.7 Å². The molecular formula is C13H22N4O4. The Morgan fingerprint density at radius 1 is 1.52 bits per heavy atom. The first-order valence-corrected chi connectivity index (χ1v) is 6.53. The number of hydrogen-bond donors (Lipinski definition) is 3. The van der Waals surface area contributed by atoms with Crippen LogP contribution in [0.2, 0.25) is 0 Å². The molecule has 8 nitrogen and oxygen atoms in total. The van der Waals surface area contributed by atoms with Crippen molar-refractivity contribution in [3.05, 3.63) is 12.3 Å². The topological polar surface area (TPSA) is 119 Å². The minimum atomic E-state index is -1.03. The highest BCUT2D eigenvalue weighted by molar-refractivity contribution is 5.90. The van der Waals surface area contributed by atoms with Gasteiger partial charge in [0.2, 0.25) is 5.91 Å². The van der Waals surface area contributed by atoms with Crippen LogP contribution in [0.4, 0.5) is 10.6 Å². The van der Waals surface area contributed by atoms with Crippen molar-refractivity contribution in [2.45, 2.75) is 39.4 Å². The predicted molar refractivity (Wildman–Crippen MR) is 76.4 cm³/mol. The lowest BCUT2D eigenvalue weighted by Gasteiger charge is -2.31. The van der Waals surface area contributed by atoms with Crippen molar-refractivity contribution >= 4 is 17.8 Å². The molecule has 118 valence electrons. The first-order chi connectivity index (χ1) is 9.59. The van der Waals surface area contributed by atoms with E-state index in [1.807, 2.05) is 0 Å². The van der Waals surface area contributed by atoms with Crippen molar-refractivity contribution in [1.82, 2.24) is 9.78 Å². The summed E-state index contributed by atoms with van der Waals surface area (Å²) in [6.45, 7) is 5.31. The molecule has 0 aliphatic rings. The van der Waals surface area contributed by atoms with Gasteiger partial charge in [-0.1, -0.05) is 20.8 Å². The van der Waals surface area contributed by atoms with E-state index < -0.39 is 29.6 Å². The van der Waals surface area contributed by atoms with Gasteiger partial charge in [0.05, 0.1) is 12.5 Å². The van der Waals surface area contributed by atoms with Gasteiger partial charge in [-0.15, -0.1) is 0 Å². The van der Waals surface area contributed by atoms with Crippen LogP contribution in [-0.4, -0.2) is 39.1 Å². The van der Waals surface area contributed by atoms with Crippen LogP contribution in [0.3, 0.4) is 0 Å². The third-order valence-corrected chi connectivity index (χ3v) is 2.87. The van der Waals surface area contributed by atoms with E-state index in [1.54, 1.807) is 40.1 Å². The van der Waals surface area contributed by atoms with E-state index in [-0.39, 0.29) is 6.42 Å². The number of amides is 2. The fourth-order valence-corrected chi connectivity index (χ4v) is 1.78. The molecule has 0 radical (unpaired) electrons. The Morgan fingerprint density at radius 3 is 2.57 bits per heavy atom. The maximum Gasteiger partial charge on any atom is 0.404 e. The number of aliphatic hydroxyl groups excluding tert-OH is 1. The summed E-state index contributed by atoms with van der Waals surface area (Å²) < 4.78 is 6.39. The molecule has 1 heterocycles. The highest BCUT2D eigenvalue weighted by Gasteiger charge is 2.34. The molecule has 0 aromatic carbocycles. The van der Waals surface area contributed by atoms with Gasteiger partial charge in [0.15, 0.2) is 5.82 Å². The standard InChI is InChI=1S/C13H22N4O4/c1-13(2,3)11(19)8(21-12(14)20)7-10(18)15-9-5-6-17(4)16-9/h5-6,8,11,19H,7H2,1-4H3,(H2,14,20)(H,15,16,18)/t8-,11?/m0/s1. The average molecular weight is 298 g/mol. The molecule has 1 aromatic heterocycles. The van der Waals surface area contributed by atoms with Gasteiger partial charge in [-0.25, -0.2) is 4.79 Å². The van der Waals surface area contributed by atoms with Crippen molar-refractivity contribution < 1.29 is 19.4 Å². The van der Waals surface area contributed by atoms with E-state index in [0.717, 1.165) is 0 Å². The summed E-state index contributed by atoms with van der Waals surface area (Å²) in [6, 6.07) is 1.63. The van der Waals surface area contributed by atoms with Crippen LogP contribution in [0.15, 0.2) is 12.3 Å². The zero-order chi connectivity index (χ0) is 16.2. The SMILES string of the molecule is Cn1ccc(NC(=O)C[C@H](OC(N)=O)C(O)C(C)(C)C)n1. The highest BCUT2D eigenvalue weighted by atomic mass is 16.6. The smallest absolute Gasteiger partial charge is 0.404 e. The monoisotopic (exact) mass is 298 g/mol. The molecule has 21 heavy (non-hydrogen) atoms. The van der Waals surface area contributed by atoms with Gasteiger partial charge in [0.25, 0.3) is 0 Å². The van der Waals surface area contributed by atoms with Gasteiger partial charge in [0.1, 0.15) is 6.10 Å². The largest absolute Gasteiger partial charge is 0.443 e. The summed E-state index contributed by atoms with van der Waals surface area (Å²) in [4.78, 5) is 22.9. The van der Waals surface area contributed by atoms with Crippen LogP contribution in [0.5, 0.6) is 0 Å². The molecule has 2 amide bonds. The molecule has 2 atom stereocenters. The van der Waals surface area contributed by atoms with Crippen LogP contribution in [0.25, 0.3) is 0 Å². The molecule has 0 aliphatic heterocycles. The second kappa shape index (κ2) is 6.57. The van der Waals surface area contributed by atoms with Crippen molar-refractivity contribution in [2.24, 2.45) is 18.2 Å². The number of nitrogens with zero attached hydrogens (tertiary/aromatic N) is 2. The number of carbonyl (C=O) groups is 2. The maximum atomic E-state index is 11.9. The van der Waals surface area contributed by atoms with E-state index >= 15 is 0 Å². The third kappa shape index (κ3) is 5.42. The maximum absolute atomic E-state index is 11.9. The fraction of sp³-hybridized carbons (Fsp3) is 0.615. The molecule has 1 rings (SSSR count).